The predicted molar refractivity (Wildman–Crippen MR) is 91.2 cm³/mol. The zero-order valence-corrected chi connectivity index (χ0v) is 13.9. The highest BCUT2D eigenvalue weighted by atomic mass is 19.1. The molecule has 0 radical (unpaired) electrons. The van der Waals surface area contributed by atoms with Crippen LogP contribution in [0.25, 0.3) is 0 Å². The molecule has 1 unspecified atom stereocenters. The number of phenolic OH excluding ortho intramolecular Hbond substituents is 1. The number of nitrogens with zero attached hydrogens (tertiary/aromatic N) is 1. The number of phenols is 1. The van der Waals surface area contributed by atoms with E-state index in [9.17, 15) is 18.7 Å². The molecular weight excluding hydrogens is 324 g/mol. The molecular formula is C20H21F2NO2. The second kappa shape index (κ2) is 7.64. The number of carbonyl (C=O) groups excluding carboxylic acids is 1. The Balaban J connectivity index is 1.50. The maximum absolute atomic E-state index is 13.3. The lowest BCUT2D eigenvalue weighted by molar-refractivity contribution is -0.130. The molecule has 2 aromatic rings. The third-order valence-corrected chi connectivity index (χ3v) is 4.62. The molecule has 0 aromatic heterocycles. The first-order valence-corrected chi connectivity index (χ1v) is 8.50. The van der Waals surface area contributed by atoms with Gasteiger partial charge < -0.3 is 10.0 Å². The minimum absolute atomic E-state index is 0.0799. The zero-order valence-electron chi connectivity index (χ0n) is 13.9. The fourth-order valence-corrected chi connectivity index (χ4v) is 3.41. The number of carbonyl (C=O) groups is 1. The molecule has 5 heteroatoms. The van der Waals surface area contributed by atoms with Crippen LogP contribution in [-0.2, 0) is 17.6 Å². The van der Waals surface area contributed by atoms with Crippen LogP contribution in [0.3, 0.4) is 0 Å². The predicted octanol–water partition coefficient (Wildman–Crippen LogP) is 3.69. The zero-order chi connectivity index (χ0) is 17.8. The highest BCUT2D eigenvalue weighted by Crippen LogP contribution is 2.23. The molecule has 1 amide bonds. The van der Waals surface area contributed by atoms with E-state index in [1.165, 1.54) is 12.1 Å². The Hall–Kier alpha value is -2.43. The molecule has 132 valence electrons. The second-order valence-corrected chi connectivity index (χ2v) is 6.65. The summed E-state index contributed by atoms with van der Waals surface area (Å²) in [5.41, 5.74) is 1.57. The largest absolute Gasteiger partial charge is 0.508 e. The molecule has 1 saturated heterocycles. The highest BCUT2D eigenvalue weighted by molar-refractivity contribution is 5.76. The smallest absolute Gasteiger partial charge is 0.222 e. The number of rotatable bonds is 5. The molecule has 3 nitrogen and oxygen atoms in total. The van der Waals surface area contributed by atoms with E-state index < -0.39 is 11.6 Å². The number of amides is 1. The van der Waals surface area contributed by atoms with Crippen LogP contribution in [0, 0.1) is 17.6 Å². The van der Waals surface area contributed by atoms with E-state index in [1.54, 1.807) is 18.2 Å². The minimum Gasteiger partial charge on any atom is -0.508 e. The van der Waals surface area contributed by atoms with Crippen molar-refractivity contribution in [1.82, 2.24) is 4.90 Å². The van der Waals surface area contributed by atoms with Gasteiger partial charge in [0.2, 0.25) is 5.91 Å². The second-order valence-electron chi connectivity index (χ2n) is 6.65. The summed E-state index contributed by atoms with van der Waals surface area (Å²) < 4.78 is 26.5. The number of hydrogen-bond donors (Lipinski definition) is 1. The average molecular weight is 345 g/mol. The molecule has 1 N–H and O–H groups in total. The molecule has 0 spiro atoms. The number of halogens is 2. The van der Waals surface area contributed by atoms with Gasteiger partial charge in [-0.1, -0.05) is 12.1 Å². The Labute approximate surface area is 145 Å². The van der Waals surface area contributed by atoms with Gasteiger partial charge in [0, 0.05) is 25.6 Å². The van der Waals surface area contributed by atoms with Crippen LogP contribution in [0.15, 0.2) is 42.5 Å². The summed E-state index contributed by atoms with van der Waals surface area (Å²) in [5, 5.41) is 9.45. The van der Waals surface area contributed by atoms with Crippen molar-refractivity contribution in [2.45, 2.75) is 25.7 Å². The van der Waals surface area contributed by atoms with Crippen molar-refractivity contribution in [1.29, 1.82) is 0 Å². The maximum Gasteiger partial charge on any atom is 0.222 e. The van der Waals surface area contributed by atoms with Gasteiger partial charge >= 0.3 is 0 Å². The van der Waals surface area contributed by atoms with Gasteiger partial charge in [-0.2, -0.15) is 0 Å². The van der Waals surface area contributed by atoms with E-state index in [1.807, 2.05) is 11.0 Å². The van der Waals surface area contributed by atoms with Gasteiger partial charge in [0.15, 0.2) is 0 Å². The molecule has 3 rings (SSSR count). The third-order valence-electron chi connectivity index (χ3n) is 4.62. The number of aromatic hydroxyl groups is 1. The maximum atomic E-state index is 13.3. The van der Waals surface area contributed by atoms with E-state index in [0.29, 0.717) is 37.9 Å². The van der Waals surface area contributed by atoms with Crippen LogP contribution in [-0.4, -0.2) is 29.0 Å². The Morgan fingerprint density at radius 3 is 2.60 bits per heavy atom. The molecule has 0 bridgehead atoms. The summed E-state index contributed by atoms with van der Waals surface area (Å²) in [6.45, 7) is 1.30. The highest BCUT2D eigenvalue weighted by Gasteiger charge is 2.26. The molecule has 0 saturated carbocycles. The Kier molecular flexibility index (Phi) is 5.31. The Morgan fingerprint density at radius 2 is 1.88 bits per heavy atom. The quantitative estimate of drug-likeness (QED) is 0.898. The van der Waals surface area contributed by atoms with Gasteiger partial charge in [0.1, 0.15) is 17.4 Å². The van der Waals surface area contributed by atoms with Crippen LogP contribution < -0.4 is 0 Å². The summed E-state index contributed by atoms with van der Waals surface area (Å²) in [6, 6.07) is 10.5. The van der Waals surface area contributed by atoms with Crippen molar-refractivity contribution in [3.8, 4) is 5.75 Å². The standard InChI is InChI=1S/C20H21F2NO2/c21-17-9-16(10-18(22)12-17)8-15-6-7-23(13-15)20(25)5-4-14-2-1-3-19(24)11-14/h1-3,9-12,15,24H,4-8,13H2. The van der Waals surface area contributed by atoms with Crippen molar-refractivity contribution < 1.29 is 18.7 Å². The summed E-state index contributed by atoms with van der Waals surface area (Å²) in [6.07, 6.45) is 2.40. The molecule has 1 aliphatic heterocycles. The summed E-state index contributed by atoms with van der Waals surface area (Å²) >= 11 is 0. The normalized spacial score (nSPS) is 17.0. The number of hydrogen-bond acceptors (Lipinski definition) is 2. The molecule has 1 aliphatic rings. The van der Waals surface area contributed by atoms with Crippen LogP contribution in [0.4, 0.5) is 8.78 Å². The van der Waals surface area contributed by atoms with Gasteiger partial charge in [-0.15, -0.1) is 0 Å². The molecule has 1 heterocycles. The first kappa shape index (κ1) is 17.4. The fourth-order valence-electron chi connectivity index (χ4n) is 3.41. The SMILES string of the molecule is O=C(CCc1cccc(O)c1)N1CCC(Cc2cc(F)cc(F)c2)C1. The van der Waals surface area contributed by atoms with Gasteiger partial charge in [-0.25, -0.2) is 8.78 Å². The van der Waals surface area contributed by atoms with Gasteiger partial charge in [-0.05, 0) is 60.6 Å². The van der Waals surface area contributed by atoms with Crippen molar-refractivity contribution in [3.63, 3.8) is 0 Å². The van der Waals surface area contributed by atoms with Crippen LogP contribution in [0.2, 0.25) is 0 Å². The topological polar surface area (TPSA) is 40.5 Å². The lowest BCUT2D eigenvalue weighted by atomic mass is 9.98. The molecule has 2 aromatic carbocycles. The number of likely N-dealkylation sites (tertiary alicyclic amines) is 1. The minimum atomic E-state index is -0.563. The Morgan fingerprint density at radius 1 is 1.12 bits per heavy atom. The number of benzene rings is 2. The van der Waals surface area contributed by atoms with Gasteiger partial charge in [-0.3, -0.25) is 4.79 Å². The first-order chi connectivity index (χ1) is 12.0. The molecule has 1 atom stereocenters. The van der Waals surface area contributed by atoms with Crippen molar-refractivity contribution in [2.75, 3.05) is 13.1 Å². The summed E-state index contributed by atoms with van der Waals surface area (Å²) in [5.74, 6) is -0.616. The van der Waals surface area contributed by atoms with E-state index in [2.05, 4.69) is 0 Å². The molecule has 1 fully saturated rings. The number of aryl methyl sites for hydroxylation is 1. The van der Waals surface area contributed by atoms with E-state index in [4.69, 9.17) is 0 Å². The summed E-state index contributed by atoms with van der Waals surface area (Å²) in [4.78, 5) is 14.2. The van der Waals surface area contributed by atoms with E-state index in [-0.39, 0.29) is 17.6 Å². The average Bonchev–Trinajstić information content (AvgIpc) is 3.00. The lowest BCUT2D eigenvalue weighted by Gasteiger charge is -2.17. The van der Waals surface area contributed by atoms with Crippen molar-refractivity contribution in [3.05, 3.63) is 65.2 Å². The van der Waals surface area contributed by atoms with Crippen molar-refractivity contribution >= 4 is 5.91 Å². The Bertz CT molecular complexity index is 743. The van der Waals surface area contributed by atoms with Gasteiger partial charge in [0.25, 0.3) is 0 Å². The van der Waals surface area contributed by atoms with Crippen LogP contribution >= 0.6 is 0 Å². The van der Waals surface area contributed by atoms with Gasteiger partial charge in [0.05, 0.1) is 0 Å². The third kappa shape index (κ3) is 4.78. The fraction of sp³-hybridized carbons (Fsp3) is 0.350. The van der Waals surface area contributed by atoms with E-state index in [0.717, 1.165) is 18.1 Å². The van der Waals surface area contributed by atoms with Crippen LogP contribution in [0.1, 0.15) is 24.0 Å². The molecule has 25 heavy (non-hydrogen) atoms. The van der Waals surface area contributed by atoms with Crippen LogP contribution in [0.5, 0.6) is 5.75 Å². The summed E-state index contributed by atoms with van der Waals surface area (Å²) in [7, 11) is 0. The monoisotopic (exact) mass is 345 g/mol. The van der Waals surface area contributed by atoms with E-state index >= 15 is 0 Å². The van der Waals surface area contributed by atoms with Crippen molar-refractivity contribution in [2.24, 2.45) is 5.92 Å². The lowest BCUT2D eigenvalue weighted by Crippen LogP contribution is -2.29. The first-order valence-electron chi connectivity index (χ1n) is 8.50. The molecule has 0 aliphatic carbocycles.